The molecule has 1 atom stereocenters. The lowest BCUT2D eigenvalue weighted by Gasteiger charge is -2.33. The van der Waals surface area contributed by atoms with Gasteiger partial charge in [-0.25, -0.2) is 4.79 Å². The highest BCUT2D eigenvalue weighted by Gasteiger charge is 2.25. The van der Waals surface area contributed by atoms with Gasteiger partial charge in [-0.3, -0.25) is 0 Å². The lowest BCUT2D eigenvalue weighted by atomic mass is 9.83. The first-order valence-electron chi connectivity index (χ1n) is 8.95. The van der Waals surface area contributed by atoms with E-state index in [9.17, 15) is 4.79 Å². The number of methoxy groups -OCH3 is 1. The van der Waals surface area contributed by atoms with Gasteiger partial charge in [-0.05, 0) is 64.3 Å². The summed E-state index contributed by atoms with van der Waals surface area (Å²) < 4.78 is 5.45. The molecule has 0 bridgehead atoms. The molecule has 128 valence electrons. The molecular formula is C17H33N3O2. The second-order valence-electron chi connectivity index (χ2n) is 6.87. The number of carbonyl (C=O) groups is 1. The Morgan fingerprint density at radius 1 is 1.18 bits per heavy atom. The SMILES string of the molecule is CNC[C@H](CC1CCC(OC)CC1)NC(=O)N1CCCCC1. The maximum absolute atomic E-state index is 12.4. The number of piperidine rings is 1. The Morgan fingerprint density at radius 2 is 1.86 bits per heavy atom. The fourth-order valence-corrected chi connectivity index (χ4v) is 3.81. The van der Waals surface area contributed by atoms with Crippen molar-refractivity contribution in [3.63, 3.8) is 0 Å². The number of carbonyl (C=O) groups excluding carboxylic acids is 1. The summed E-state index contributed by atoms with van der Waals surface area (Å²) in [6.07, 6.45) is 9.83. The summed E-state index contributed by atoms with van der Waals surface area (Å²) >= 11 is 0. The number of likely N-dealkylation sites (N-methyl/N-ethyl adjacent to an activating group) is 1. The Kier molecular flexibility index (Phi) is 7.46. The topological polar surface area (TPSA) is 53.6 Å². The molecule has 22 heavy (non-hydrogen) atoms. The van der Waals surface area contributed by atoms with Crippen molar-refractivity contribution in [3.8, 4) is 0 Å². The lowest BCUT2D eigenvalue weighted by molar-refractivity contribution is 0.0539. The van der Waals surface area contributed by atoms with E-state index in [0.717, 1.165) is 51.7 Å². The highest BCUT2D eigenvalue weighted by atomic mass is 16.5. The van der Waals surface area contributed by atoms with Crippen LogP contribution in [0.15, 0.2) is 0 Å². The van der Waals surface area contributed by atoms with Crippen molar-refractivity contribution in [1.29, 1.82) is 0 Å². The van der Waals surface area contributed by atoms with Crippen LogP contribution >= 0.6 is 0 Å². The van der Waals surface area contributed by atoms with Crippen LogP contribution in [0.25, 0.3) is 0 Å². The molecule has 5 nitrogen and oxygen atoms in total. The Balaban J connectivity index is 1.77. The summed E-state index contributed by atoms with van der Waals surface area (Å²) in [6.45, 7) is 2.68. The van der Waals surface area contributed by atoms with Crippen molar-refractivity contribution >= 4 is 6.03 Å². The monoisotopic (exact) mass is 311 g/mol. The van der Waals surface area contributed by atoms with Gasteiger partial charge in [-0.15, -0.1) is 0 Å². The summed E-state index contributed by atoms with van der Waals surface area (Å²) in [5, 5.41) is 6.48. The first kappa shape index (κ1) is 17.5. The molecule has 1 saturated heterocycles. The molecule has 0 aromatic carbocycles. The average molecular weight is 311 g/mol. The van der Waals surface area contributed by atoms with Crippen LogP contribution in [-0.4, -0.2) is 56.9 Å². The van der Waals surface area contributed by atoms with Crippen molar-refractivity contribution in [3.05, 3.63) is 0 Å². The van der Waals surface area contributed by atoms with Crippen LogP contribution < -0.4 is 10.6 Å². The number of hydrogen-bond acceptors (Lipinski definition) is 3. The van der Waals surface area contributed by atoms with E-state index in [4.69, 9.17) is 4.74 Å². The zero-order valence-electron chi connectivity index (χ0n) is 14.3. The van der Waals surface area contributed by atoms with E-state index in [0.29, 0.717) is 12.0 Å². The summed E-state index contributed by atoms with van der Waals surface area (Å²) in [6, 6.07) is 0.369. The molecule has 0 radical (unpaired) electrons. The van der Waals surface area contributed by atoms with E-state index in [2.05, 4.69) is 10.6 Å². The molecule has 2 aliphatic rings. The summed E-state index contributed by atoms with van der Waals surface area (Å²) in [7, 11) is 3.77. The Morgan fingerprint density at radius 3 is 2.45 bits per heavy atom. The van der Waals surface area contributed by atoms with Gasteiger partial charge < -0.3 is 20.3 Å². The second kappa shape index (κ2) is 9.36. The average Bonchev–Trinajstić information content (AvgIpc) is 2.56. The van der Waals surface area contributed by atoms with Crippen molar-refractivity contribution in [1.82, 2.24) is 15.5 Å². The fourth-order valence-electron chi connectivity index (χ4n) is 3.81. The van der Waals surface area contributed by atoms with Gasteiger partial charge in [0, 0.05) is 32.8 Å². The van der Waals surface area contributed by atoms with E-state index in [1.807, 2.05) is 19.1 Å². The number of ether oxygens (including phenoxy) is 1. The number of nitrogens with one attached hydrogen (secondary N) is 2. The quantitative estimate of drug-likeness (QED) is 0.792. The van der Waals surface area contributed by atoms with Crippen LogP contribution in [0.1, 0.15) is 51.4 Å². The minimum atomic E-state index is 0.130. The van der Waals surface area contributed by atoms with Crippen LogP contribution in [0.3, 0.4) is 0 Å². The summed E-state index contributed by atoms with van der Waals surface area (Å²) in [5.41, 5.74) is 0. The molecule has 2 amide bonds. The number of likely N-dealkylation sites (tertiary alicyclic amines) is 1. The predicted molar refractivity (Wildman–Crippen MR) is 89.0 cm³/mol. The van der Waals surface area contributed by atoms with Crippen molar-refractivity contribution in [2.24, 2.45) is 5.92 Å². The maximum atomic E-state index is 12.4. The largest absolute Gasteiger partial charge is 0.381 e. The lowest BCUT2D eigenvalue weighted by Crippen LogP contribution is -2.50. The van der Waals surface area contributed by atoms with E-state index < -0.39 is 0 Å². The van der Waals surface area contributed by atoms with Gasteiger partial charge in [0.05, 0.1) is 6.10 Å². The van der Waals surface area contributed by atoms with E-state index in [1.54, 1.807) is 0 Å². The molecule has 1 aliphatic heterocycles. The number of urea groups is 1. The number of hydrogen-bond donors (Lipinski definition) is 2. The Labute approximate surface area is 135 Å². The molecule has 1 aliphatic carbocycles. The zero-order valence-corrected chi connectivity index (χ0v) is 14.3. The minimum Gasteiger partial charge on any atom is -0.381 e. The molecular weight excluding hydrogens is 278 g/mol. The molecule has 5 heteroatoms. The van der Waals surface area contributed by atoms with Crippen molar-refractivity contribution in [2.45, 2.75) is 63.5 Å². The van der Waals surface area contributed by atoms with Gasteiger partial charge in [0.2, 0.25) is 0 Å². The maximum Gasteiger partial charge on any atom is 0.317 e. The molecule has 0 unspecified atom stereocenters. The van der Waals surface area contributed by atoms with Gasteiger partial charge in [-0.1, -0.05) is 0 Å². The molecule has 0 spiro atoms. The van der Waals surface area contributed by atoms with Crippen molar-refractivity contribution < 1.29 is 9.53 Å². The normalized spacial score (nSPS) is 27.5. The summed E-state index contributed by atoms with van der Waals surface area (Å²) in [5.74, 6) is 0.714. The fraction of sp³-hybridized carbons (Fsp3) is 0.941. The van der Waals surface area contributed by atoms with Crippen molar-refractivity contribution in [2.75, 3.05) is 33.8 Å². The highest BCUT2D eigenvalue weighted by Crippen LogP contribution is 2.29. The number of amides is 2. The smallest absolute Gasteiger partial charge is 0.317 e. The number of nitrogens with zero attached hydrogens (tertiary/aromatic N) is 1. The standard InChI is InChI=1S/C17H33N3O2/c1-18-13-15(12-14-6-8-16(22-2)9-7-14)19-17(21)20-10-4-3-5-11-20/h14-16,18H,3-13H2,1-2H3,(H,19,21)/t14?,15-,16?/m0/s1. The first-order chi connectivity index (χ1) is 10.7. The highest BCUT2D eigenvalue weighted by molar-refractivity contribution is 5.74. The van der Waals surface area contributed by atoms with Gasteiger partial charge in [-0.2, -0.15) is 0 Å². The van der Waals surface area contributed by atoms with E-state index in [1.165, 1.54) is 19.3 Å². The molecule has 0 aromatic rings. The Bertz CT molecular complexity index is 324. The van der Waals surface area contributed by atoms with Gasteiger partial charge in [0.25, 0.3) is 0 Å². The third-order valence-corrected chi connectivity index (χ3v) is 5.17. The van der Waals surface area contributed by atoms with Crippen LogP contribution in [0, 0.1) is 5.92 Å². The second-order valence-corrected chi connectivity index (χ2v) is 6.87. The van der Waals surface area contributed by atoms with Crippen LogP contribution in [-0.2, 0) is 4.74 Å². The first-order valence-corrected chi connectivity index (χ1v) is 8.95. The number of rotatable bonds is 6. The third kappa shape index (κ3) is 5.43. The molecule has 1 heterocycles. The third-order valence-electron chi connectivity index (χ3n) is 5.17. The summed E-state index contributed by atoms with van der Waals surface area (Å²) in [4.78, 5) is 14.4. The van der Waals surface area contributed by atoms with Crippen LogP contribution in [0.4, 0.5) is 4.79 Å². The van der Waals surface area contributed by atoms with Gasteiger partial charge >= 0.3 is 6.03 Å². The van der Waals surface area contributed by atoms with Crippen LogP contribution in [0.5, 0.6) is 0 Å². The van der Waals surface area contributed by atoms with Gasteiger partial charge in [0.1, 0.15) is 0 Å². The molecule has 2 N–H and O–H groups in total. The van der Waals surface area contributed by atoms with E-state index in [-0.39, 0.29) is 12.1 Å². The van der Waals surface area contributed by atoms with Gasteiger partial charge in [0.15, 0.2) is 0 Å². The molecule has 0 aromatic heterocycles. The Hall–Kier alpha value is -0.810. The van der Waals surface area contributed by atoms with E-state index >= 15 is 0 Å². The molecule has 2 fully saturated rings. The minimum absolute atomic E-state index is 0.130. The molecule has 2 rings (SSSR count). The predicted octanol–water partition coefficient (Wildman–Crippen LogP) is 2.37. The molecule has 1 saturated carbocycles. The van der Waals surface area contributed by atoms with Crippen LogP contribution in [0.2, 0.25) is 0 Å². The zero-order chi connectivity index (χ0) is 15.8.